The molecule has 1 aliphatic heterocycles. The number of nitrogens with zero attached hydrogens (tertiary/aromatic N) is 4. The van der Waals surface area contributed by atoms with E-state index >= 15 is 0 Å². The third-order valence-electron chi connectivity index (χ3n) is 5.27. The van der Waals surface area contributed by atoms with Crippen LogP contribution in [-0.2, 0) is 19.5 Å². The molecule has 0 amide bonds. The molecular weight excluding hydrogens is 428 g/mol. The lowest BCUT2D eigenvalue weighted by Crippen LogP contribution is -2.35. The number of aromatic amines is 1. The van der Waals surface area contributed by atoms with Gasteiger partial charge in [0.2, 0.25) is 11.7 Å². The van der Waals surface area contributed by atoms with Crippen molar-refractivity contribution in [2.75, 3.05) is 19.1 Å². The molecule has 0 atom stereocenters. The van der Waals surface area contributed by atoms with Gasteiger partial charge in [-0.3, -0.25) is 24.8 Å². The van der Waals surface area contributed by atoms with Crippen LogP contribution in [0.3, 0.4) is 0 Å². The highest BCUT2D eigenvalue weighted by molar-refractivity contribution is 5.83. The van der Waals surface area contributed by atoms with E-state index in [-0.39, 0.29) is 17.3 Å². The Kier molecular flexibility index (Phi) is 6.31. The topological polar surface area (TPSA) is 146 Å². The van der Waals surface area contributed by atoms with Gasteiger partial charge in [-0.15, -0.1) is 0 Å². The van der Waals surface area contributed by atoms with Crippen molar-refractivity contribution in [3.05, 3.63) is 85.3 Å². The molecule has 0 unspecified atom stereocenters. The first kappa shape index (κ1) is 22.0. The maximum atomic E-state index is 12.6. The largest absolute Gasteiger partial charge is 0.500 e. The number of benzene rings is 2. The molecule has 2 aromatic carbocycles. The maximum absolute atomic E-state index is 12.6. The summed E-state index contributed by atoms with van der Waals surface area (Å²) in [6.07, 6.45) is 1.93. The summed E-state index contributed by atoms with van der Waals surface area (Å²) in [6, 6.07) is 12.6. The van der Waals surface area contributed by atoms with Crippen LogP contribution in [0.4, 0.5) is 11.6 Å². The average molecular weight is 450 g/mol. The van der Waals surface area contributed by atoms with Crippen molar-refractivity contribution < 1.29 is 14.8 Å². The number of methoxy groups -OCH3 is 1. The van der Waals surface area contributed by atoms with Crippen molar-refractivity contribution in [3.63, 3.8) is 0 Å². The first-order chi connectivity index (χ1) is 15.9. The molecule has 0 saturated carbocycles. The molecule has 170 valence electrons. The molecule has 33 heavy (non-hydrogen) atoms. The van der Waals surface area contributed by atoms with E-state index in [0.29, 0.717) is 29.8 Å². The number of ether oxygens (including phenoxy) is 1. The Morgan fingerprint density at radius 3 is 2.88 bits per heavy atom. The van der Waals surface area contributed by atoms with Gasteiger partial charge in [0.05, 0.1) is 29.5 Å². The highest BCUT2D eigenvalue weighted by atomic mass is 16.6. The fourth-order valence-corrected chi connectivity index (χ4v) is 3.66. The van der Waals surface area contributed by atoms with Gasteiger partial charge in [-0.05, 0) is 11.6 Å². The third-order valence-corrected chi connectivity index (χ3v) is 5.27. The second-order valence-electron chi connectivity index (χ2n) is 7.50. The Balaban J connectivity index is 1.47. The number of hydrogen-bond acceptors (Lipinski definition) is 9. The first-order valence-electron chi connectivity index (χ1n) is 10.2. The van der Waals surface area contributed by atoms with Crippen LogP contribution >= 0.6 is 0 Å². The standard InChI is InChI=1S/C22H22N6O5/c1-33-19-10-15(9-18(20(19)29)28(31)32)11-23-26-22-24-17-7-8-27(13-16(17)21(30)25-22)12-14-5-3-2-4-6-14/h2-6,9-11,29H,7-8,12-13H2,1H3,(H2,24,25,26,30)/b23-11-. The number of fused-ring (bicyclic) bond motifs is 1. The average Bonchev–Trinajstić information content (AvgIpc) is 2.81. The van der Waals surface area contributed by atoms with Gasteiger partial charge in [-0.25, -0.2) is 10.4 Å². The summed E-state index contributed by atoms with van der Waals surface area (Å²) in [4.78, 5) is 32.4. The number of nitrogens with one attached hydrogen (secondary N) is 2. The number of nitro groups is 1. The second kappa shape index (κ2) is 9.49. The molecule has 0 aliphatic carbocycles. The molecule has 0 saturated heterocycles. The quantitative estimate of drug-likeness (QED) is 0.283. The van der Waals surface area contributed by atoms with E-state index in [1.807, 2.05) is 18.2 Å². The first-order valence-corrected chi connectivity index (χ1v) is 10.2. The zero-order valence-electron chi connectivity index (χ0n) is 17.8. The number of nitro benzene ring substituents is 1. The van der Waals surface area contributed by atoms with Crippen LogP contribution in [0, 0.1) is 10.1 Å². The number of phenolic OH excluding ortho intramolecular Hbond substituents is 1. The number of hydrazone groups is 1. The van der Waals surface area contributed by atoms with E-state index in [1.165, 1.54) is 25.0 Å². The van der Waals surface area contributed by atoms with Gasteiger partial charge in [-0.1, -0.05) is 30.3 Å². The molecule has 0 bridgehead atoms. The molecule has 2 heterocycles. The molecule has 3 aromatic rings. The van der Waals surface area contributed by atoms with Crippen molar-refractivity contribution in [1.82, 2.24) is 14.9 Å². The molecule has 4 rings (SSSR count). The van der Waals surface area contributed by atoms with E-state index in [2.05, 4.69) is 37.5 Å². The smallest absolute Gasteiger partial charge is 0.315 e. The number of aromatic hydroxyl groups is 1. The minimum atomic E-state index is -0.716. The summed E-state index contributed by atoms with van der Waals surface area (Å²) in [5.74, 6) is -0.438. The van der Waals surface area contributed by atoms with Crippen LogP contribution in [-0.4, -0.2) is 44.8 Å². The molecule has 11 nitrogen and oxygen atoms in total. The van der Waals surface area contributed by atoms with Crippen molar-refractivity contribution in [2.45, 2.75) is 19.5 Å². The van der Waals surface area contributed by atoms with Gasteiger partial charge in [-0.2, -0.15) is 5.10 Å². The maximum Gasteiger partial charge on any atom is 0.315 e. The summed E-state index contributed by atoms with van der Waals surface area (Å²) in [5, 5.41) is 25.0. The lowest BCUT2D eigenvalue weighted by Gasteiger charge is -2.27. The van der Waals surface area contributed by atoms with E-state index in [9.17, 15) is 20.0 Å². The second-order valence-corrected chi connectivity index (χ2v) is 7.50. The summed E-state index contributed by atoms with van der Waals surface area (Å²) in [7, 11) is 1.29. The highest BCUT2D eigenvalue weighted by Crippen LogP contribution is 2.36. The van der Waals surface area contributed by atoms with E-state index in [0.717, 1.165) is 19.2 Å². The van der Waals surface area contributed by atoms with Crippen molar-refractivity contribution in [2.24, 2.45) is 5.10 Å². The number of aromatic nitrogens is 2. The Labute approximate surface area is 188 Å². The van der Waals surface area contributed by atoms with E-state index in [1.54, 1.807) is 0 Å². The minimum absolute atomic E-state index is 0.0500. The molecule has 1 aliphatic rings. The molecular formula is C22H22N6O5. The van der Waals surface area contributed by atoms with Gasteiger partial charge in [0.1, 0.15) is 0 Å². The van der Waals surface area contributed by atoms with Crippen LogP contribution in [0.5, 0.6) is 11.5 Å². The zero-order chi connectivity index (χ0) is 23.4. The van der Waals surface area contributed by atoms with Crippen molar-refractivity contribution in [3.8, 4) is 11.5 Å². The van der Waals surface area contributed by atoms with Crippen LogP contribution in [0.15, 0.2) is 52.4 Å². The lowest BCUT2D eigenvalue weighted by atomic mass is 10.1. The fourth-order valence-electron chi connectivity index (χ4n) is 3.66. The molecule has 0 radical (unpaired) electrons. The van der Waals surface area contributed by atoms with Crippen molar-refractivity contribution >= 4 is 17.9 Å². The Bertz CT molecular complexity index is 1260. The minimum Gasteiger partial charge on any atom is -0.500 e. The Morgan fingerprint density at radius 2 is 2.15 bits per heavy atom. The molecule has 11 heteroatoms. The molecule has 3 N–H and O–H groups in total. The van der Waals surface area contributed by atoms with Gasteiger partial charge in [0, 0.05) is 37.7 Å². The van der Waals surface area contributed by atoms with E-state index in [4.69, 9.17) is 4.74 Å². The van der Waals surface area contributed by atoms with Crippen LogP contribution in [0.2, 0.25) is 0 Å². The van der Waals surface area contributed by atoms with Crippen molar-refractivity contribution in [1.29, 1.82) is 0 Å². The van der Waals surface area contributed by atoms with Gasteiger partial charge < -0.3 is 9.84 Å². The monoisotopic (exact) mass is 450 g/mol. The Hall–Kier alpha value is -4.25. The predicted molar refractivity (Wildman–Crippen MR) is 122 cm³/mol. The lowest BCUT2D eigenvalue weighted by molar-refractivity contribution is -0.386. The summed E-state index contributed by atoms with van der Waals surface area (Å²) < 4.78 is 4.96. The van der Waals surface area contributed by atoms with E-state index < -0.39 is 16.4 Å². The van der Waals surface area contributed by atoms with Crippen LogP contribution in [0.1, 0.15) is 22.4 Å². The summed E-state index contributed by atoms with van der Waals surface area (Å²) >= 11 is 0. The van der Waals surface area contributed by atoms with Crippen LogP contribution in [0.25, 0.3) is 0 Å². The Morgan fingerprint density at radius 1 is 1.36 bits per heavy atom. The number of anilines is 1. The number of phenols is 1. The number of rotatable bonds is 7. The third kappa shape index (κ3) is 4.99. The van der Waals surface area contributed by atoms with Crippen LogP contribution < -0.4 is 15.7 Å². The zero-order valence-corrected chi connectivity index (χ0v) is 17.8. The van der Waals surface area contributed by atoms with Gasteiger partial charge in [0.25, 0.3) is 5.56 Å². The number of hydrogen-bond donors (Lipinski definition) is 3. The normalized spacial score (nSPS) is 13.6. The summed E-state index contributed by atoms with van der Waals surface area (Å²) in [6.45, 7) is 2.04. The molecule has 0 spiro atoms. The molecule has 0 fully saturated rings. The van der Waals surface area contributed by atoms with Gasteiger partial charge in [0.15, 0.2) is 5.75 Å². The predicted octanol–water partition coefficient (Wildman–Crippen LogP) is 2.40. The molecule has 1 aromatic heterocycles. The fraction of sp³-hybridized carbons (Fsp3) is 0.227. The SMILES string of the molecule is COc1cc(/C=N\Nc2nc3c(c(=O)[nH]2)CN(Cc2ccccc2)CC3)cc([N+](=O)[O-])c1O. The number of H-pyrrole nitrogens is 1. The highest BCUT2D eigenvalue weighted by Gasteiger charge is 2.22. The summed E-state index contributed by atoms with van der Waals surface area (Å²) in [5.41, 5.74) is 4.76. The van der Waals surface area contributed by atoms with Gasteiger partial charge >= 0.3 is 5.69 Å².